The van der Waals surface area contributed by atoms with E-state index in [9.17, 15) is 0 Å². The molecular weight excluding hydrogens is 258 g/mol. The molecular formula is C19H42NO+. The minimum atomic E-state index is 0.744. The first-order valence-electron chi connectivity index (χ1n) is 9.45. The fourth-order valence-electron chi connectivity index (χ4n) is 2.73. The summed E-state index contributed by atoms with van der Waals surface area (Å²) in [5.41, 5.74) is 0. The molecule has 0 bridgehead atoms. The maximum absolute atomic E-state index is 5.94. The first-order valence-corrected chi connectivity index (χ1v) is 9.45. The number of hydrogen-bond acceptors (Lipinski definition) is 1. The summed E-state index contributed by atoms with van der Waals surface area (Å²) >= 11 is 0. The van der Waals surface area contributed by atoms with Gasteiger partial charge in [-0.1, -0.05) is 72.1 Å². The third-order valence-electron chi connectivity index (χ3n) is 4.57. The van der Waals surface area contributed by atoms with Crippen LogP contribution in [0.1, 0.15) is 85.0 Å². The highest BCUT2D eigenvalue weighted by Crippen LogP contribution is 2.12. The fourth-order valence-corrected chi connectivity index (χ4v) is 2.73. The molecule has 0 aromatic heterocycles. The summed E-state index contributed by atoms with van der Waals surface area (Å²) in [6, 6.07) is 0. The Morgan fingerprint density at radius 2 is 1.29 bits per heavy atom. The highest BCUT2D eigenvalue weighted by Gasteiger charge is 2.15. The van der Waals surface area contributed by atoms with Crippen molar-refractivity contribution in [3.05, 3.63) is 0 Å². The van der Waals surface area contributed by atoms with E-state index in [1.807, 2.05) is 0 Å². The summed E-state index contributed by atoms with van der Waals surface area (Å²) < 4.78 is 6.95. The molecule has 21 heavy (non-hydrogen) atoms. The van der Waals surface area contributed by atoms with Crippen molar-refractivity contribution in [2.45, 2.75) is 85.0 Å². The molecule has 0 heterocycles. The predicted octanol–water partition coefficient (Wildman–Crippen LogP) is 5.61. The lowest BCUT2D eigenvalue weighted by Gasteiger charge is -2.30. The Balaban J connectivity index is 3.50. The Morgan fingerprint density at radius 1 is 0.762 bits per heavy atom. The van der Waals surface area contributed by atoms with Crippen LogP contribution in [0.25, 0.3) is 0 Å². The molecule has 0 saturated heterocycles. The number of nitrogens with zero attached hydrogens (tertiary/aromatic N) is 1. The molecule has 0 radical (unpaired) electrons. The van der Waals surface area contributed by atoms with Gasteiger partial charge in [0.25, 0.3) is 0 Å². The average molecular weight is 301 g/mol. The van der Waals surface area contributed by atoms with E-state index in [4.69, 9.17) is 4.74 Å². The SMILES string of the molecule is CCCCCCCCCC[N+](C)(C)COCC(CC)CC. The molecule has 0 spiro atoms. The van der Waals surface area contributed by atoms with Crippen LogP contribution in [-0.2, 0) is 4.74 Å². The van der Waals surface area contributed by atoms with Crippen LogP contribution < -0.4 is 0 Å². The van der Waals surface area contributed by atoms with Crippen molar-refractivity contribution < 1.29 is 9.22 Å². The van der Waals surface area contributed by atoms with Gasteiger partial charge in [-0.25, -0.2) is 0 Å². The van der Waals surface area contributed by atoms with Crippen LogP contribution in [0.4, 0.5) is 0 Å². The van der Waals surface area contributed by atoms with Crippen LogP contribution in [0.5, 0.6) is 0 Å². The van der Waals surface area contributed by atoms with Crippen molar-refractivity contribution in [1.82, 2.24) is 0 Å². The molecule has 0 saturated carbocycles. The van der Waals surface area contributed by atoms with E-state index < -0.39 is 0 Å². The van der Waals surface area contributed by atoms with E-state index in [1.54, 1.807) is 0 Å². The number of unbranched alkanes of at least 4 members (excludes halogenated alkanes) is 7. The predicted molar refractivity (Wildman–Crippen MR) is 94.5 cm³/mol. The Labute approximate surface area is 134 Å². The van der Waals surface area contributed by atoms with Crippen molar-refractivity contribution in [3.63, 3.8) is 0 Å². The summed E-state index contributed by atoms with van der Waals surface area (Å²) in [4.78, 5) is 0. The molecule has 0 rings (SSSR count). The van der Waals surface area contributed by atoms with Gasteiger partial charge in [-0.15, -0.1) is 0 Å². The molecule has 0 aliphatic heterocycles. The summed E-state index contributed by atoms with van der Waals surface area (Å²) in [6.07, 6.45) is 13.7. The minimum Gasteiger partial charge on any atom is -0.331 e. The van der Waals surface area contributed by atoms with Gasteiger partial charge in [0.2, 0.25) is 0 Å². The highest BCUT2D eigenvalue weighted by molar-refractivity contribution is 4.51. The van der Waals surface area contributed by atoms with Gasteiger partial charge in [0.15, 0.2) is 6.73 Å². The Bertz CT molecular complexity index is 212. The van der Waals surface area contributed by atoms with Crippen molar-refractivity contribution in [2.24, 2.45) is 5.92 Å². The molecule has 0 aromatic carbocycles. The third-order valence-corrected chi connectivity index (χ3v) is 4.57. The number of rotatable bonds is 15. The molecule has 128 valence electrons. The van der Waals surface area contributed by atoms with Crippen LogP contribution in [-0.4, -0.2) is 38.5 Å². The molecule has 2 heteroatoms. The smallest absolute Gasteiger partial charge is 0.182 e. The molecule has 0 N–H and O–H groups in total. The average Bonchev–Trinajstić information content (AvgIpc) is 2.46. The first kappa shape index (κ1) is 20.9. The minimum absolute atomic E-state index is 0.744. The van der Waals surface area contributed by atoms with E-state index >= 15 is 0 Å². The van der Waals surface area contributed by atoms with E-state index in [-0.39, 0.29) is 0 Å². The second kappa shape index (κ2) is 13.6. The molecule has 0 aliphatic rings. The van der Waals surface area contributed by atoms with Gasteiger partial charge in [0.1, 0.15) is 0 Å². The second-order valence-corrected chi connectivity index (χ2v) is 7.32. The summed E-state index contributed by atoms with van der Waals surface area (Å²) in [7, 11) is 4.60. The summed E-state index contributed by atoms with van der Waals surface area (Å²) in [5.74, 6) is 0.744. The lowest BCUT2D eigenvalue weighted by atomic mass is 10.1. The third kappa shape index (κ3) is 13.3. The topological polar surface area (TPSA) is 9.23 Å². The van der Waals surface area contributed by atoms with Crippen LogP contribution >= 0.6 is 0 Å². The Kier molecular flexibility index (Phi) is 13.5. The molecule has 0 aliphatic carbocycles. The van der Waals surface area contributed by atoms with Gasteiger partial charge < -0.3 is 9.22 Å². The van der Waals surface area contributed by atoms with Gasteiger partial charge in [-0.2, -0.15) is 0 Å². The summed E-state index contributed by atoms with van der Waals surface area (Å²) in [5, 5.41) is 0. The highest BCUT2D eigenvalue weighted by atomic mass is 16.5. The second-order valence-electron chi connectivity index (χ2n) is 7.32. The van der Waals surface area contributed by atoms with Crippen molar-refractivity contribution in [2.75, 3.05) is 34.0 Å². The zero-order chi connectivity index (χ0) is 16.0. The van der Waals surface area contributed by atoms with Gasteiger partial charge in [0, 0.05) is 0 Å². The van der Waals surface area contributed by atoms with E-state index in [1.165, 1.54) is 70.8 Å². The van der Waals surface area contributed by atoms with Crippen LogP contribution in [0.2, 0.25) is 0 Å². The van der Waals surface area contributed by atoms with Crippen molar-refractivity contribution in [1.29, 1.82) is 0 Å². The molecule has 2 nitrogen and oxygen atoms in total. The van der Waals surface area contributed by atoms with Gasteiger partial charge in [-0.05, 0) is 18.8 Å². The zero-order valence-corrected chi connectivity index (χ0v) is 15.6. The largest absolute Gasteiger partial charge is 0.331 e. The van der Waals surface area contributed by atoms with E-state index in [0.717, 1.165) is 23.7 Å². The normalized spacial score (nSPS) is 12.3. The van der Waals surface area contributed by atoms with Crippen molar-refractivity contribution in [3.8, 4) is 0 Å². The Hall–Kier alpha value is -0.0800. The van der Waals surface area contributed by atoms with Crippen LogP contribution in [0.3, 0.4) is 0 Å². The quantitative estimate of drug-likeness (QED) is 0.217. The van der Waals surface area contributed by atoms with Gasteiger partial charge in [0.05, 0.1) is 27.2 Å². The monoisotopic (exact) mass is 300 g/mol. The van der Waals surface area contributed by atoms with Crippen LogP contribution in [0.15, 0.2) is 0 Å². The maximum atomic E-state index is 5.94. The number of ether oxygens (including phenoxy) is 1. The first-order chi connectivity index (χ1) is 10.1. The Morgan fingerprint density at radius 3 is 1.81 bits per heavy atom. The fraction of sp³-hybridized carbons (Fsp3) is 1.00. The number of hydrogen-bond donors (Lipinski definition) is 0. The molecule has 0 unspecified atom stereocenters. The molecule has 0 fully saturated rings. The van der Waals surface area contributed by atoms with E-state index in [2.05, 4.69) is 34.9 Å². The zero-order valence-electron chi connectivity index (χ0n) is 15.6. The molecule has 0 atom stereocenters. The summed E-state index contributed by atoms with van der Waals surface area (Å²) in [6.45, 7) is 9.86. The van der Waals surface area contributed by atoms with Crippen LogP contribution in [0, 0.1) is 5.92 Å². The maximum Gasteiger partial charge on any atom is 0.182 e. The standard InChI is InChI=1S/C19H42NO/c1-6-9-10-11-12-13-14-15-16-20(4,5)18-21-17-19(7-2)8-3/h19H,6-18H2,1-5H3/q+1. The van der Waals surface area contributed by atoms with Gasteiger partial charge in [-0.3, -0.25) is 0 Å². The van der Waals surface area contributed by atoms with Gasteiger partial charge >= 0.3 is 0 Å². The lowest BCUT2D eigenvalue weighted by Crippen LogP contribution is -2.42. The number of quaternary nitrogens is 1. The van der Waals surface area contributed by atoms with E-state index in [0.29, 0.717) is 0 Å². The molecule has 0 aromatic rings. The molecule has 0 amide bonds. The lowest BCUT2D eigenvalue weighted by molar-refractivity contribution is -0.910. The van der Waals surface area contributed by atoms with Crippen molar-refractivity contribution >= 4 is 0 Å².